The van der Waals surface area contributed by atoms with Crippen LogP contribution in [0.25, 0.3) is 0 Å². The van der Waals surface area contributed by atoms with Crippen molar-refractivity contribution in [2.75, 3.05) is 0 Å². The van der Waals surface area contributed by atoms with Gasteiger partial charge in [-0.2, -0.15) is 0 Å². The van der Waals surface area contributed by atoms with Crippen LogP contribution in [-0.4, -0.2) is 6.10 Å². The number of hydrogen-bond donors (Lipinski definition) is 0. The highest BCUT2D eigenvalue weighted by atomic mass is 16.5. The molecule has 1 unspecified atom stereocenters. The van der Waals surface area contributed by atoms with E-state index >= 15 is 0 Å². The van der Waals surface area contributed by atoms with Crippen LogP contribution in [0.3, 0.4) is 0 Å². The fraction of sp³-hybridized carbons (Fsp3) is 0.647. The van der Waals surface area contributed by atoms with Crippen molar-refractivity contribution in [1.29, 1.82) is 0 Å². The van der Waals surface area contributed by atoms with Crippen LogP contribution >= 0.6 is 0 Å². The van der Waals surface area contributed by atoms with Crippen molar-refractivity contribution in [3.8, 4) is 0 Å². The molecule has 0 aromatic carbocycles. The first-order valence-electron chi connectivity index (χ1n) is 7.53. The van der Waals surface area contributed by atoms with Crippen LogP contribution in [0, 0.1) is 5.92 Å². The smallest absolute Gasteiger partial charge is 0.115 e. The molecular weight excluding hydrogens is 220 g/mol. The van der Waals surface area contributed by atoms with Crippen molar-refractivity contribution in [2.45, 2.75) is 64.9 Å². The first-order valence-corrected chi connectivity index (χ1v) is 7.53. The molecule has 2 aliphatic carbocycles. The zero-order valence-corrected chi connectivity index (χ0v) is 11.8. The monoisotopic (exact) mass is 246 g/mol. The third-order valence-corrected chi connectivity index (χ3v) is 3.91. The molecule has 1 nitrogen and oxygen atoms in total. The molecule has 0 N–H and O–H groups in total. The first-order chi connectivity index (χ1) is 8.78. The van der Waals surface area contributed by atoms with Gasteiger partial charge >= 0.3 is 0 Å². The molecule has 0 bridgehead atoms. The van der Waals surface area contributed by atoms with Gasteiger partial charge in [0.15, 0.2) is 0 Å². The molecule has 0 aromatic rings. The zero-order valence-electron chi connectivity index (χ0n) is 11.8. The Morgan fingerprint density at radius 2 is 1.94 bits per heavy atom. The predicted molar refractivity (Wildman–Crippen MR) is 77.3 cm³/mol. The van der Waals surface area contributed by atoms with Gasteiger partial charge in [0, 0.05) is 0 Å². The van der Waals surface area contributed by atoms with E-state index in [0.29, 0.717) is 12.0 Å². The minimum Gasteiger partial charge on any atom is -0.491 e. The van der Waals surface area contributed by atoms with E-state index in [9.17, 15) is 0 Å². The lowest BCUT2D eigenvalue weighted by Gasteiger charge is -2.24. The van der Waals surface area contributed by atoms with Crippen LogP contribution < -0.4 is 0 Å². The van der Waals surface area contributed by atoms with Gasteiger partial charge in [0.05, 0.1) is 6.10 Å². The molecule has 0 aliphatic heterocycles. The standard InChI is InChI=1S/C17H26O/c1-3-15-10-12-17(11-9-14(2)13-15)18-16-7-5-4-6-8-16/h10-14,16H,3-9H2,1-2H3. The largest absolute Gasteiger partial charge is 0.491 e. The Morgan fingerprint density at radius 3 is 2.67 bits per heavy atom. The summed E-state index contributed by atoms with van der Waals surface area (Å²) >= 11 is 0. The molecule has 0 radical (unpaired) electrons. The highest BCUT2D eigenvalue weighted by Crippen LogP contribution is 2.25. The van der Waals surface area contributed by atoms with Crippen molar-refractivity contribution >= 4 is 0 Å². The quantitative estimate of drug-likeness (QED) is 0.669. The summed E-state index contributed by atoms with van der Waals surface area (Å²) in [4.78, 5) is 0. The van der Waals surface area contributed by atoms with Crippen LogP contribution in [0.2, 0.25) is 0 Å². The molecule has 100 valence electrons. The van der Waals surface area contributed by atoms with Gasteiger partial charge in [0.2, 0.25) is 0 Å². The first kappa shape index (κ1) is 13.5. The summed E-state index contributed by atoms with van der Waals surface area (Å²) in [5.74, 6) is 1.71. The summed E-state index contributed by atoms with van der Waals surface area (Å²) in [6, 6.07) is 0. The Labute approximate surface area is 112 Å². The van der Waals surface area contributed by atoms with E-state index in [4.69, 9.17) is 4.74 Å². The van der Waals surface area contributed by atoms with Crippen molar-refractivity contribution in [2.24, 2.45) is 5.92 Å². The second kappa shape index (κ2) is 6.82. The van der Waals surface area contributed by atoms with Gasteiger partial charge < -0.3 is 4.74 Å². The fourth-order valence-corrected chi connectivity index (χ4v) is 2.75. The number of ether oxygens (including phenoxy) is 1. The molecule has 0 spiro atoms. The minimum absolute atomic E-state index is 0.457. The maximum atomic E-state index is 6.16. The summed E-state index contributed by atoms with van der Waals surface area (Å²) < 4.78 is 6.16. The molecule has 2 rings (SSSR count). The summed E-state index contributed by atoms with van der Waals surface area (Å²) in [6.07, 6.45) is 18.2. The van der Waals surface area contributed by atoms with Gasteiger partial charge in [-0.3, -0.25) is 0 Å². The molecular formula is C17H26O. The average Bonchev–Trinajstić information content (AvgIpc) is 2.39. The summed E-state index contributed by atoms with van der Waals surface area (Å²) in [6.45, 7) is 4.50. The molecule has 1 heteroatoms. The Balaban J connectivity index is 1.99. The van der Waals surface area contributed by atoms with Crippen molar-refractivity contribution in [3.63, 3.8) is 0 Å². The Morgan fingerprint density at radius 1 is 1.17 bits per heavy atom. The van der Waals surface area contributed by atoms with Crippen LogP contribution in [0.4, 0.5) is 0 Å². The van der Waals surface area contributed by atoms with Crippen molar-refractivity contribution < 1.29 is 4.74 Å². The molecule has 2 aliphatic rings. The Hall–Kier alpha value is -0.980. The Bertz CT molecular complexity index is 343. The highest BCUT2D eigenvalue weighted by Gasteiger charge is 2.15. The second-order valence-electron chi connectivity index (χ2n) is 5.63. The SMILES string of the molecule is CCC1=CC(C)CC=C(OC2CCCCC2)C=C1. The maximum absolute atomic E-state index is 6.16. The molecule has 1 fully saturated rings. The van der Waals surface area contributed by atoms with Crippen molar-refractivity contribution in [3.05, 3.63) is 35.6 Å². The predicted octanol–water partition coefficient (Wildman–Crippen LogP) is 5.15. The fourth-order valence-electron chi connectivity index (χ4n) is 2.75. The van der Waals surface area contributed by atoms with Gasteiger partial charge in [-0.1, -0.05) is 38.0 Å². The van der Waals surface area contributed by atoms with E-state index in [1.165, 1.54) is 37.7 Å². The van der Waals surface area contributed by atoms with E-state index < -0.39 is 0 Å². The molecule has 0 aromatic heterocycles. The summed E-state index contributed by atoms with van der Waals surface area (Å²) in [7, 11) is 0. The summed E-state index contributed by atoms with van der Waals surface area (Å²) in [5, 5.41) is 0. The lowest BCUT2D eigenvalue weighted by Crippen LogP contribution is -2.16. The molecule has 18 heavy (non-hydrogen) atoms. The van der Waals surface area contributed by atoms with Gasteiger partial charge in [-0.15, -0.1) is 0 Å². The number of rotatable bonds is 3. The topological polar surface area (TPSA) is 9.23 Å². The number of allylic oxidation sites excluding steroid dienone is 5. The van der Waals surface area contributed by atoms with E-state index in [0.717, 1.165) is 18.6 Å². The van der Waals surface area contributed by atoms with E-state index in [1.54, 1.807) is 0 Å². The van der Waals surface area contributed by atoms with Gasteiger partial charge in [0.1, 0.15) is 5.76 Å². The van der Waals surface area contributed by atoms with E-state index in [-0.39, 0.29) is 0 Å². The van der Waals surface area contributed by atoms with Crippen LogP contribution in [0.5, 0.6) is 0 Å². The summed E-state index contributed by atoms with van der Waals surface area (Å²) in [5.41, 5.74) is 1.43. The maximum Gasteiger partial charge on any atom is 0.115 e. The zero-order chi connectivity index (χ0) is 12.8. The van der Waals surface area contributed by atoms with Gasteiger partial charge in [0.25, 0.3) is 0 Å². The molecule has 0 heterocycles. The molecule has 1 saturated carbocycles. The van der Waals surface area contributed by atoms with E-state index in [2.05, 4.69) is 38.2 Å². The lowest BCUT2D eigenvalue weighted by molar-refractivity contribution is 0.0892. The molecule has 1 atom stereocenters. The number of hydrogen-bond acceptors (Lipinski definition) is 1. The van der Waals surface area contributed by atoms with Gasteiger partial charge in [-0.25, -0.2) is 0 Å². The third kappa shape index (κ3) is 4.04. The van der Waals surface area contributed by atoms with Crippen LogP contribution in [-0.2, 0) is 4.74 Å². The van der Waals surface area contributed by atoms with E-state index in [1.807, 2.05) is 0 Å². The molecule has 0 amide bonds. The minimum atomic E-state index is 0.457. The van der Waals surface area contributed by atoms with Crippen LogP contribution in [0.15, 0.2) is 35.6 Å². The average molecular weight is 246 g/mol. The third-order valence-electron chi connectivity index (χ3n) is 3.91. The lowest BCUT2D eigenvalue weighted by atomic mass is 9.97. The van der Waals surface area contributed by atoms with Gasteiger partial charge in [-0.05, 0) is 56.6 Å². The normalized spacial score (nSPS) is 26.0. The van der Waals surface area contributed by atoms with Crippen LogP contribution in [0.1, 0.15) is 58.8 Å². The molecule has 0 saturated heterocycles. The second-order valence-corrected chi connectivity index (χ2v) is 5.63. The Kier molecular flexibility index (Phi) is 5.10. The highest BCUT2D eigenvalue weighted by molar-refractivity contribution is 5.27. The van der Waals surface area contributed by atoms with Crippen molar-refractivity contribution in [1.82, 2.24) is 0 Å².